The van der Waals surface area contributed by atoms with Crippen LogP contribution in [0.3, 0.4) is 0 Å². The topological polar surface area (TPSA) is 84.2 Å². The van der Waals surface area contributed by atoms with Crippen LogP contribution in [-0.2, 0) is 4.79 Å². The van der Waals surface area contributed by atoms with Gasteiger partial charge < -0.3 is 14.6 Å². The summed E-state index contributed by atoms with van der Waals surface area (Å²) in [5.74, 6) is 0.432. The summed E-state index contributed by atoms with van der Waals surface area (Å²) >= 11 is 12.9. The zero-order valence-corrected chi connectivity index (χ0v) is 18.2. The van der Waals surface area contributed by atoms with Crippen molar-refractivity contribution in [3.05, 3.63) is 46.6 Å². The molecule has 0 atom stereocenters. The van der Waals surface area contributed by atoms with E-state index < -0.39 is 0 Å². The lowest BCUT2D eigenvalue weighted by Crippen LogP contribution is -2.21. The van der Waals surface area contributed by atoms with Gasteiger partial charge in [0, 0.05) is 30.5 Å². The molecule has 2 aromatic heterocycles. The maximum atomic E-state index is 12.1. The smallest absolute Gasteiger partial charge is 0.277 e. The van der Waals surface area contributed by atoms with Gasteiger partial charge in [0.2, 0.25) is 11.8 Å². The molecular formula is C19H19Cl2N5O2S. The first-order valence-electron chi connectivity index (χ1n) is 8.92. The van der Waals surface area contributed by atoms with Crippen molar-refractivity contribution in [2.24, 2.45) is 0 Å². The normalized spacial score (nSPS) is 10.8. The number of amides is 1. The first-order valence-corrected chi connectivity index (χ1v) is 10.7. The van der Waals surface area contributed by atoms with Crippen molar-refractivity contribution >= 4 is 52.4 Å². The highest BCUT2D eigenvalue weighted by atomic mass is 35.5. The predicted molar refractivity (Wildman–Crippen MR) is 117 cm³/mol. The second-order valence-electron chi connectivity index (χ2n) is 5.91. The molecule has 2 heterocycles. The lowest BCUT2D eigenvalue weighted by Gasteiger charge is -2.20. The van der Waals surface area contributed by atoms with Crippen molar-refractivity contribution in [3.63, 3.8) is 0 Å². The summed E-state index contributed by atoms with van der Waals surface area (Å²) in [4.78, 5) is 18.3. The number of benzene rings is 1. The number of nitrogens with zero attached hydrogens (tertiary/aromatic N) is 4. The standard InChI is InChI=1S/C19H19Cl2N5O2S/c1-3-26(4-2)14-7-5-12(6-8-14)18-24-25-19(28-18)29-11-16(27)23-17-15(21)9-13(20)10-22-17/h5-10H,3-4,11H2,1-2H3,(H,22,23,27). The van der Waals surface area contributed by atoms with E-state index in [-0.39, 0.29) is 22.5 Å². The molecule has 0 bridgehead atoms. The third kappa shape index (κ3) is 5.62. The Morgan fingerprint density at radius 2 is 1.90 bits per heavy atom. The molecule has 7 nitrogen and oxygen atoms in total. The average Bonchev–Trinajstić information content (AvgIpc) is 3.19. The zero-order chi connectivity index (χ0) is 20.8. The number of hydrogen-bond acceptors (Lipinski definition) is 7. The molecule has 0 saturated carbocycles. The first kappa shape index (κ1) is 21.4. The molecule has 0 fully saturated rings. The van der Waals surface area contributed by atoms with Gasteiger partial charge >= 0.3 is 0 Å². The summed E-state index contributed by atoms with van der Waals surface area (Å²) in [5.41, 5.74) is 1.96. The van der Waals surface area contributed by atoms with Gasteiger partial charge in [-0.05, 0) is 44.2 Å². The molecule has 0 radical (unpaired) electrons. The van der Waals surface area contributed by atoms with Crippen molar-refractivity contribution in [3.8, 4) is 11.5 Å². The molecule has 1 N–H and O–H groups in total. The lowest BCUT2D eigenvalue weighted by molar-refractivity contribution is -0.113. The first-order chi connectivity index (χ1) is 14.0. The van der Waals surface area contributed by atoms with Gasteiger partial charge in [-0.2, -0.15) is 0 Å². The van der Waals surface area contributed by atoms with E-state index in [1.165, 1.54) is 12.3 Å². The second kappa shape index (κ2) is 9.96. The highest BCUT2D eigenvalue weighted by Crippen LogP contribution is 2.26. The van der Waals surface area contributed by atoms with E-state index in [0.717, 1.165) is 36.1 Å². The Morgan fingerprint density at radius 3 is 2.55 bits per heavy atom. The van der Waals surface area contributed by atoms with Crippen LogP contribution in [0.25, 0.3) is 11.5 Å². The molecule has 0 aliphatic rings. The van der Waals surface area contributed by atoms with Crippen molar-refractivity contribution in [1.82, 2.24) is 15.2 Å². The zero-order valence-electron chi connectivity index (χ0n) is 15.9. The van der Waals surface area contributed by atoms with Crippen LogP contribution >= 0.6 is 35.0 Å². The monoisotopic (exact) mass is 451 g/mol. The van der Waals surface area contributed by atoms with Crippen LogP contribution in [0, 0.1) is 0 Å². The molecule has 1 amide bonds. The number of carbonyl (C=O) groups excluding carboxylic acids is 1. The van der Waals surface area contributed by atoms with Gasteiger partial charge in [0.15, 0.2) is 5.82 Å². The quantitative estimate of drug-likeness (QED) is 0.481. The summed E-state index contributed by atoms with van der Waals surface area (Å²) in [5, 5.41) is 11.6. The van der Waals surface area contributed by atoms with Crippen LogP contribution in [0.15, 0.2) is 46.2 Å². The fraction of sp³-hybridized carbons (Fsp3) is 0.263. The van der Waals surface area contributed by atoms with Gasteiger partial charge in [0.05, 0.1) is 15.8 Å². The molecule has 1 aromatic carbocycles. The van der Waals surface area contributed by atoms with Crippen molar-refractivity contribution < 1.29 is 9.21 Å². The van der Waals surface area contributed by atoms with E-state index in [4.69, 9.17) is 27.6 Å². The molecule has 3 aromatic rings. The van der Waals surface area contributed by atoms with Gasteiger partial charge in [-0.3, -0.25) is 4.79 Å². The second-order valence-corrected chi connectivity index (χ2v) is 7.68. The number of anilines is 2. The third-order valence-electron chi connectivity index (χ3n) is 4.04. The number of aromatic nitrogens is 3. The van der Waals surface area contributed by atoms with Crippen LogP contribution in [0.2, 0.25) is 10.0 Å². The van der Waals surface area contributed by atoms with E-state index in [9.17, 15) is 4.79 Å². The number of rotatable bonds is 8. The number of pyridine rings is 1. The maximum Gasteiger partial charge on any atom is 0.277 e. The third-order valence-corrected chi connectivity index (χ3v) is 5.35. The summed E-state index contributed by atoms with van der Waals surface area (Å²) in [7, 11) is 0. The van der Waals surface area contributed by atoms with Crippen LogP contribution in [0.4, 0.5) is 11.5 Å². The summed E-state index contributed by atoms with van der Waals surface area (Å²) in [6.45, 7) is 6.12. The molecular weight excluding hydrogens is 433 g/mol. The minimum Gasteiger partial charge on any atom is -0.411 e. The van der Waals surface area contributed by atoms with Crippen molar-refractivity contribution in [1.29, 1.82) is 0 Å². The molecule has 0 saturated heterocycles. The van der Waals surface area contributed by atoms with Crippen LogP contribution in [0.1, 0.15) is 13.8 Å². The molecule has 0 spiro atoms. The Morgan fingerprint density at radius 1 is 1.17 bits per heavy atom. The Hall–Kier alpha value is -2.29. The minimum atomic E-state index is -0.296. The Kier molecular flexibility index (Phi) is 7.35. The molecule has 0 aliphatic carbocycles. The number of nitrogens with one attached hydrogen (secondary N) is 1. The van der Waals surface area contributed by atoms with Crippen molar-refractivity contribution in [2.75, 3.05) is 29.1 Å². The summed E-state index contributed by atoms with van der Waals surface area (Å²) < 4.78 is 5.65. The molecule has 29 heavy (non-hydrogen) atoms. The van der Waals surface area contributed by atoms with Crippen LogP contribution < -0.4 is 10.2 Å². The minimum absolute atomic E-state index is 0.0726. The number of halogens is 2. The van der Waals surface area contributed by atoms with Gasteiger partial charge in [0.1, 0.15) is 0 Å². The van der Waals surface area contributed by atoms with Crippen LogP contribution in [-0.4, -0.2) is 39.9 Å². The predicted octanol–water partition coefficient (Wildman–Crippen LogP) is 5.02. The van der Waals surface area contributed by atoms with Crippen LogP contribution in [0.5, 0.6) is 0 Å². The van der Waals surface area contributed by atoms with Gasteiger partial charge in [0.25, 0.3) is 5.22 Å². The van der Waals surface area contributed by atoms with E-state index in [0.29, 0.717) is 16.1 Å². The van der Waals surface area contributed by atoms with E-state index in [2.05, 4.69) is 39.2 Å². The van der Waals surface area contributed by atoms with E-state index >= 15 is 0 Å². The number of hydrogen-bond donors (Lipinski definition) is 1. The maximum absolute atomic E-state index is 12.1. The SMILES string of the molecule is CCN(CC)c1ccc(-c2nnc(SCC(=O)Nc3ncc(Cl)cc3Cl)o2)cc1. The molecule has 3 rings (SSSR count). The fourth-order valence-electron chi connectivity index (χ4n) is 2.59. The summed E-state index contributed by atoms with van der Waals surface area (Å²) in [6.07, 6.45) is 1.41. The largest absolute Gasteiger partial charge is 0.411 e. The lowest BCUT2D eigenvalue weighted by atomic mass is 10.2. The number of thioether (sulfide) groups is 1. The van der Waals surface area contributed by atoms with E-state index in [1.54, 1.807) is 0 Å². The molecule has 10 heteroatoms. The summed E-state index contributed by atoms with van der Waals surface area (Å²) in [6, 6.07) is 9.44. The highest BCUT2D eigenvalue weighted by Gasteiger charge is 2.13. The van der Waals surface area contributed by atoms with Gasteiger partial charge in [-0.15, -0.1) is 10.2 Å². The fourth-order valence-corrected chi connectivity index (χ4v) is 3.58. The average molecular weight is 452 g/mol. The number of carbonyl (C=O) groups is 1. The van der Waals surface area contributed by atoms with E-state index in [1.807, 2.05) is 24.3 Å². The Balaban J connectivity index is 1.58. The van der Waals surface area contributed by atoms with Crippen molar-refractivity contribution in [2.45, 2.75) is 19.1 Å². The Bertz CT molecular complexity index is 977. The molecule has 0 aliphatic heterocycles. The van der Waals surface area contributed by atoms with Gasteiger partial charge in [-0.1, -0.05) is 35.0 Å². The van der Waals surface area contributed by atoms with Gasteiger partial charge in [-0.25, -0.2) is 4.98 Å². The Labute approximate surface area is 182 Å². The molecule has 152 valence electrons. The molecule has 0 unspecified atom stereocenters. The highest BCUT2D eigenvalue weighted by molar-refractivity contribution is 7.99.